The Hall–Kier alpha value is -0.651. The van der Waals surface area contributed by atoms with Gasteiger partial charge in [0.05, 0.1) is 0 Å². The third-order valence-electron chi connectivity index (χ3n) is 2.80. The maximum atomic E-state index is 11.4. The molecule has 1 N–H and O–H groups in total. The van der Waals surface area contributed by atoms with Crippen LogP contribution >= 0.6 is 7.82 Å². The zero-order valence-electron chi connectivity index (χ0n) is 9.39. The molecular formula is C12H11O4PSn. The fourth-order valence-corrected chi connectivity index (χ4v) is 17.0. The summed E-state index contributed by atoms with van der Waals surface area (Å²) in [6.07, 6.45) is 0. The van der Waals surface area contributed by atoms with E-state index in [1.165, 1.54) is 0 Å². The minimum atomic E-state index is -3.83. The van der Waals surface area contributed by atoms with Gasteiger partial charge < -0.3 is 0 Å². The van der Waals surface area contributed by atoms with Crippen LogP contribution in [0.25, 0.3) is 0 Å². The van der Waals surface area contributed by atoms with Gasteiger partial charge in [0.25, 0.3) is 0 Å². The van der Waals surface area contributed by atoms with Crippen LogP contribution in [0.5, 0.6) is 0 Å². The van der Waals surface area contributed by atoms with Crippen molar-refractivity contribution in [2.24, 2.45) is 0 Å². The zero-order chi connectivity index (χ0) is 12.6. The molecule has 1 aliphatic heterocycles. The Morgan fingerprint density at radius 3 is 1.56 bits per heavy atom. The third kappa shape index (κ3) is 2.04. The van der Waals surface area contributed by atoms with Gasteiger partial charge in [-0.1, -0.05) is 0 Å². The molecule has 1 aliphatic rings. The van der Waals surface area contributed by atoms with Gasteiger partial charge in [-0.25, -0.2) is 0 Å². The van der Waals surface area contributed by atoms with Crippen LogP contribution in [-0.2, 0) is 10.3 Å². The first-order chi connectivity index (χ1) is 8.62. The fourth-order valence-electron chi connectivity index (χ4n) is 2.02. The van der Waals surface area contributed by atoms with Crippen LogP contribution in [0.15, 0.2) is 60.7 Å². The van der Waals surface area contributed by atoms with Crippen LogP contribution in [0.1, 0.15) is 0 Å². The first-order valence-corrected chi connectivity index (χ1v) is 12.2. The molecule has 18 heavy (non-hydrogen) atoms. The number of phosphoric acid groups is 1. The molecule has 0 amide bonds. The molecule has 0 bridgehead atoms. The number of rotatable bonds is 2. The Balaban J connectivity index is 2.10. The summed E-state index contributed by atoms with van der Waals surface area (Å²) in [5.74, 6) is 0. The molecule has 1 saturated heterocycles. The quantitative estimate of drug-likeness (QED) is 0.643. The topological polar surface area (TPSA) is 55.8 Å². The van der Waals surface area contributed by atoms with Crippen molar-refractivity contribution in [1.29, 1.82) is 0 Å². The van der Waals surface area contributed by atoms with E-state index < -0.39 is 27.0 Å². The van der Waals surface area contributed by atoms with Crippen molar-refractivity contribution in [1.82, 2.24) is 0 Å². The van der Waals surface area contributed by atoms with E-state index in [4.69, 9.17) is 5.72 Å². The Morgan fingerprint density at radius 2 is 1.22 bits per heavy atom. The summed E-state index contributed by atoms with van der Waals surface area (Å²) < 4.78 is 24.0. The molecule has 3 rings (SSSR count). The van der Waals surface area contributed by atoms with E-state index in [9.17, 15) is 9.46 Å². The first kappa shape index (κ1) is 12.4. The van der Waals surface area contributed by atoms with E-state index in [-0.39, 0.29) is 0 Å². The summed E-state index contributed by atoms with van der Waals surface area (Å²) in [7, 11) is -3.83. The molecule has 1 fully saturated rings. The van der Waals surface area contributed by atoms with E-state index in [1.807, 2.05) is 60.7 Å². The molecule has 1 heterocycles. The molecule has 0 atom stereocenters. The minimum absolute atomic E-state index is 0.901. The molecule has 2 aromatic carbocycles. The van der Waals surface area contributed by atoms with Crippen molar-refractivity contribution >= 4 is 34.2 Å². The molecule has 0 radical (unpaired) electrons. The second-order valence-corrected chi connectivity index (χ2v) is 15.2. The van der Waals surface area contributed by atoms with Crippen LogP contribution in [0, 0.1) is 0 Å². The van der Waals surface area contributed by atoms with Crippen molar-refractivity contribution < 1.29 is 15.2 Å². The van der Waals surface area contributed by atoms with Gasteiger partial charge in [0.2, 0.25) is 0 Å². The van der Waals surface area contributed by atoms with Crippen molar-refractivity contribution in [3.8, 4) is 0 Å². The monoisotopic (exact) mass is 370 g/mol. The Kier molecular flexibility index (Phi) is 3.08. The van der Waals surface area contributed by atoms with Crippen molar-refractivity contribution in [3.63, 3.8) is 0 Å². The molecule has 92 valence electrons. The molecule has 0 saturated carbocycles. The normalized spacial score (nSPS) is 20.1. The van der Waals surface area contributed by atoms with Crippen LogP contribution in [0.2, 0.25) is 0 Å². The summed E-state index contributed by atoms with van der Waals surface area (Å²) in [6.45, 7) is 0. The van der Waals surface area contributed by atoms with Gasteiger partial charge in [0.15, 0.2) is 0 Å². The molecule has 6 heteroatoms. The van der Waals surface area contributed by atoms with Gasteiger partial charge in [-0.05, 0) is 0 Å². The van der Waals surface area contributed by atoms with E-state index in [2.05, 4.69) is 0 Å². The summed E-state index contributed by atoms with van der Waals surface area (Å²) in [4.78, 5) is 9.34. The Labute approximate surface area is 110 Å². The van der Waals surface area contributed by atoms with E-state index in [0.29, 0.717) is 0 Å². The number of hydrogen-bond donors (Lipinski definition) is 1. The van der Waals surface area contributed by atoms with Crippen LogP contribution < -0.4 is 7.16 Å². The van der Waals surface area contributed by atoms with Crippen LogP contribution in [0.3, 0.4) is 0 Å². The molecule has 0 aliphatic carbocycles. The van der Waals surface area contributed by atoms with Gasteiger partial charge in [0, 0.05) is 0 Å². The second kappa shape index (κ2) is 4.47. The second-order valence-electron chi connectivity index (χ2n) is 4.00. The maximum absolute atomic E-state index is 11.4. The summed E-state index contributed by atoms with van der Waals surface area (Å²) >= 11 is -3.80. The zero-order valence-corrected chi connectivity index (χ0v) is 13.1. The van der Waals surface area contributed by atoms with Crippen molar-refractivity contribution in [2.75, 3.05) is 0 Å². The van der Waals surface area contributed by atoms with Gasteiger partial charge in [-0.15, -0.1) is 0 Å². The van der Waals surface area contributed by atoms with Gasteiger partial charge in [-0.3, -0.25) is 0 Å². The van der Waals surface area contributed by atoms with E-state index >= 15 is 0 Å². The third-order valence-corrected chi connectivity index (χ3v) is 18.4. The predicted octanol–water partition coefficient (Wildman–Crippen LogP) is 1.39. The van der Waals surface area contributed by atoms with Crippen LogP contribution in [0.4, 0.5) is 0 Å². The average molecular weight is 369 g/mol. The first-order valence-electron chi connectivity index (χ1n) is 5.48. The van der Waals surface area contributed by atoms with Gasteiger partial charge in [-0.2, -0.15) is 0 Å². The van der Waals surface area contributed by atoms with Crippen molar-refractivity contribution in [3.05, 3.63) is 60.7 Å². The molecule has 4 nitrogen and oxygen atoms in total. The van der Waals surface area contributed by atoms with E-state index in [1.54, 1.807) is 0 Å². The molecular weight excluding hydrogens is 358 g/mol. The number of benzene rings is 2. The standard InChI is InChI=1S/2C6H5.H3O4P.Sn/c2*1-2-4-6-5-3-1;1-5(2,3)4;/h2*1-5H;(H3,1,2,3,4);/q;;;+2/p-2. The van der Waals surface area contributed by atoms with Crippen molar-refractivity contribution in [2.45, 2.75) is 0 Å². The van der Waals surface area contributed by atoms with Gasteiger partial charge >= 0.3 is 110 Å². The molecule has 0 aromatic heterocycles. The average Bonchev–Trinajstić information content (AvgIpc) is 2.37. The fraction of sp³-hybridized carbons (Fsp3) is 0. The summed E-state index contributed by atoms with van der Waals surface area (Å²) in [6, 6.07) is 18.9. The Morgan fingerprint density at radius 1 is 0.833 bits per heavy atom. The molecule has 2 aromatic rings. The molecule has 0 spiro atoms. The Bertz CT molecular complexity index is 550. The predicted molar refractivity (Wildman–Crippen MR) is 69.9 cm³/mol. The molecule has 0 unspecified atom stereocenters. The summed E-state index contributed by atoms with van der Waals surface area (Å²) in [5.41, 5.74) is 0. The number of hydrogen-bond acceptors (Lipinski definition) is 3. The van der Waals surface area contributed by atoms with Crippen LogP contribution in [-0.4, -0.2) is 24.1 Å². The van der Waals surface area contributed by atoms with Gasteiger partial charge in [0.1, 0.15) is 0 Å². The summed E-state index contributed by atoms with van der Waals surface area (Å²) in [5, 5.41) is 0. The SMILES string of the molecule is O=P1(O)[O][Sn]([c]2ccccc2)([c]2ccccc2)[O]1. The van der Waals surface area contributed by atoms with E-state index in [0.717, 1.165) is 7.16 Å².